The summed E-state index contributed by atoms with van der Waals surface area (Å²) in [6.07, 6.45) is -0.276. The highest BCUT2D eigenvalue weighted by Gasteiger charge is 2.21. The van der Waals surface area contributed by atoms with Crippen LogP contribution in [0.4, 0.5) is 18.9 Å². The van der Waals surface area contributed by atoms with Gasteiger partial charge < -0.3 is 9.64 Å². The molecule has 0 fully saturated rings. The van der Waals surface area contributed by atoms with Crippen LogP contribution in [-0.2, 0) is 20.9 Å². The van der Waals surface area contributed by atoms with Crippen LogP contribution < -0.4 is 4.90 Å². The standard InChI is InChI=1S/C20H17F3N2O3S/c1-2-28-19(27)7-6-18(26)25(14-5-3-4-12(21)8-14)11-17-24-16-10-13(22)9-15(23)20(16)29-17/h3-5,8-10H,2,6-7,11H2,1H3. The molecule has 9 heteroatoms. The summed E-state index contributed by atoms with van der Waals surface area (Å²) in [5.41, 5.74) is 0.408. The first kappa shape index (κ1) is 20.8. The molecule has 152 valence electrons. The lowest BCUT2D eigenvalue weighted by Gasteiger charge is -2.22. The molecule has 5 nitrogen and oxygen atoms in total. The van der Waals surface area contributed by atoms with Crippen molar-refractivity contribution in [2.45, 2.75) is 26.3 Å². The number of fused-ring (bicyclic) bond motifs is 1. The largest absolute Gasteiger partial charge is 0.466 e. The van der Waals surface area contributed by atoms with E-state index in [0.717, 1.165) is 23.5 Å². The number of ether oxygens (including phenoxy) is 1. The van der Waals surface area contributed by atoms with Crippen molar-refractivity contribution in [3.63, 3.8) is 0 Å². The highest BCUT2D eigenvalue weighted by molar-refractivity contribution is 7.18. The Balaban J connectivity index is 1.88. The molecule has 0 N–H and O–H groups in total. The molecule has 0 saturated carbocycles. The van der Waals surface area contributed by atoms with Crippen LogP contribution in [0.25, 0.3) is 10.2 Å². The van der Waals surface area contributed by atoms with Crippen LogP contribution in [0.1, 0.15) is 24.8 Å². The predicted octanol–water partition coefficient (Wildman–Crippen LogP) is 4.59. The highest BCUT2D eigenvalue weighted by atomic mass is 32.1. The maximum Gasteiger partial charge on any atom is 0.306 e. The van der Waals surface area contributed by atoms with Gasteiger partial charge in [-0.05, 0) is 25.1 Å². The Morgan fingerprint density at radius 2 is 1.90 bits per heavy atom. The van der Waals surface area contributed by atoms with Crippen molar-refractivity contribution in [1.29, 1.82) is 0 Å². The smallest absolute Gasteiger partial charge is 0.306 e. The molecule has 0 unspecified atom stereocenters. The van der Waals surface area contributed by atoms with Gasteiger partial charge in [0.1, 0.15) is 22.5 Å². The Bertz CT molecular complexity index is 1050. The third kappa shape index (κ3) is 5.11. The van der Waals surface area contributed by atoms with E-state index < -0.39 is 29.3 Å². The molecule has 0 aliphatic rings. The van der Waals surface area contributed by atoms with Crippen LogP contribution in [0.5, 0.6) is 0 Å². The maximum atomic E-state index is 14.0. The number of benzene rings is 2. The summed E-state index contributed by atoms with van der Waals surface area (Å²) in [6.45, 7) is 1.79. The zero-order valence-electron chi connectivity index (χ0n) is 15.5. The molecule has 1 heterocycles. The summed E-state index contributed by atoms with van der Waals surface area (Å²) in [6, 6.07) is 7.27. The number of hydrogen-bond acceptors (Lipinski definition) is 5. The fourth-order valence-electron chi connectivity index (χ4n) is 2.75. The van der Waals surface area contributed by atoms with Gasteiger partial charge in [-0.15, -0.1) is 11.3 Å². The lowest BCUT2D eigenvalue weighted by molar-refractivity contribution is -0.144. The van der Waals surface area contributed by atoms with E-state index in [2.05, 4.69) is 4.98 Å². The van der Waals surface area contributed by atoms with E-state index in [1.54, 1.807) is 13.0 Å². The number of thiazole rings is 1. The van der Waals surface area contributed by atoms with E-state index in [9.17, 15) is 22.8 Å². The minimum absolute atomic E-state index is 0.0779. The fraction of sp³-hybridized carbons (Fsp3) is 0.250. The van der Waals surface area contributed by atoms with Gasteiger partial charge >= 0.3 is 5.97 Å². The number of halogens is 3. The molecule has 0 atom stereocenters. The summed E-state index contributed by atoms with van der Waals surface area (Å²) in [5.74, 6) is -3.00. The van der Waals surface area contributed by atoms with Crippen LogP contribution in [0.3, 0.4) is 0 Å². The molecule has 1 amide bonds. The summed E-state index contributed by atoms with van der Waals surface area (Å²) >= 11 is 0.978. The molecule has 0 spiro atoms. The van der Waals surface area contributed by atoms with Crippen molar-refractivity contribution in [2.75, 3.05) is 11.5 Å². The normalized spacial score (nSPS) is 10.9. The van der Waals surface area contributed by atoms with Gasteiger partial charge in [0.05, 0.1) is 29.8 Å². The van der Waals surface area contributed by atoms with Crippen LogP contribution in [0.2, 0.25) is 0 Å². The number of esters is 1. The molecule has 3 rings (SSSR count). The van der Waals surface area contributed by atoms with Crippen LogP contribution >= 0.6 is 11.3 Å². The minimum atomic E-state index is -0.751. The zero-order chi connectivity index (χ0) is 21.0. The lowest BCUT2D eigenvalue weighted by Crippen LogP contribution is -2.30. The monoisotopic (exact) mass is 422 g/mol. The summed E-state index contributed by atoms with van der Waals surface area (Å²) < 4.78 is 46.1. The molecule has 29 heavy (non-hydrogen) atoms. The number of nitrogens with zero attached hydrogens (tertiary/aromatic N) is 2. The molecule has 0 aliphatic carbocycles. The number of rotatable bonds is 7. The fourth-order valence-corrected chi connectivity index (χ4v) is 3.69. The van der Waals surface area contributed by atoms with Crippen LogP contribution in [0, 0.1) is 17.5 Å². The topological polar surface area (TPSA) is 59.5 Å². The Morgan fingerprint density at radius 1 is 1.10 bits per heavy atom. The van der Waals surface area contributed by atoms with Gasteiger partial charge in [-0.3, -0.25) is 9.59 Å². The van der Waals surface area contributed by atoms with Crippen molar-refractivity contribution >= 4 is 39.1 Å². The van der Waals surface area contributed by atoms with Crippen molar-refractivity contribution in [3.8, 4) is 0 Å². The van der Waals surface area contributed by atoms with E-state index >= 15 is 0 Å². The van der Waals surface area contributed by atoms with Gasteiger partial charge in [0.2, 0.25) is 5.91 Å². The van der Waals surface area contributed by atoms with Crippen molar-refractivity contribution in [3.05, 3.63) is 58.9 Å². The second-order valence-corrected chi connectivity index (χ2v) is 7.19. The van der Waals surface area contributed by atoms with Crippen LogP contribution in [-0.4, -0.2) is 23.5 Å². The van der Waals surface area contributed by atoms with Crippen LogP contribution in [0.15, 0.2) is 36.4 Å². The number of carbonyl (C=O) groups is 2. The quantitative estimate of drug-likeness (QED) is 0.523. The Morgan fingerprint density at radius 3 is 2.62 bits per heavy atom. The molecule has 3 aromatic rings. The summed E-state index contributed by atoms with van der Waals surface area (Å²) in [4.78, 5) is 29.8. The predicted molar refractivity (Wildman–Crippen MR) is 103 cm³/mol. The molecule has 0 radical (unpaired) electrons. The van der Waals surface area contributed by atoms with E-state index in [-0.39, 0.29) is 41.9 Å². The van der Waals surface area contributed by atoms with Gasteiger partial charge in [-0.25, -0.2) is 18.2 Å². The Hall–Kier alpha value is -2.94. The van der Waals surface area contributed by atoms with E-state index in [1.165, 1.54) is 23.1 Å². The third-order valence-corrected chi connectivity index (χ3v) is 5.08. The maximum absolute atomic E-state index is 14.0. The van der Waals surface area contributed by atoms with Crippen molar-refractivity contribution in [2.24, 2.45) is 0 Å². The molecule has 0 aliphatic heterocycles. The Labute approximate surface area is 168 Å². The number of anilines is 1. The second kappa shape index (κ2) is 9.04. The van der Waals surface area contributed by atoms with Gasteiger partial charge in [0.15, 0.2) is 0 Å². The first-order chi connectivity index (χ1) is 13.9. The van der Waals surface area contributed by atoms with Gasteiger partial charge in [-0.2, -0.15) is 0 Å². The molecule has 0 saturated heterocycles. The minimum Gasteiger partial charge on any atom is -0.466 e. The zero-order valence-corrected chi connectivity index (χ0v) is 16.3. The number of hydrogen-bond donors (Lipinski definition) is 0. The SMILES string of the molecule is CCOC(=O)CCC(=O)N(Cc1nc2cc(F)cc(F)c2s1)c1cccc(F)c1. The number of carbonyl (C=O) groups excluding carboxylic acids is 2. The second-order valence-electron chi connectivity index (χ2n) is 6.11. The summed E-state index contributed by atoms with van der Waals surface area (Å²) in [7, 11) is 0. The molecular weight excluding hydrogens is 405 g/mol. The molecule has 1 aromatic heterocycles. The lowest BCUT2D eigenvalue weighted by atomic mass is 10.2. The van der Waals surface area contributed by atoms with E-state index in [4.69, 9.17) is 4.74 Å². The average molecular weight is 422 g/mol. The first-order valence-electron chi connectivity index (χ1n) is 8.83. The van der Waals surface area contributed by atoms with Crippen molar-refractivity contribution in [1.82, 2.24) is 4.98 Å². The molecule has 0 bridgehead atoms. The average Bonchev–Trinajstić information content (AvgIpc) is 3.07. The number of amides is 1. The number of aromatic nitrogens is 1. The van der Waals surface area contributed by atoms with Gasteiger partial charge in [0, 0.05) is 24.2 Å². The third-order valence-electron chi connectivity index (χ3n) is 4.02. The van der Waals surface area contributed by atoms with Crippen molar-refractivity contribution < 1.29 is 27.5 Å². The summed E-state index contributed by atoms with van der Waals surface area (Å²) in [5, 5.41) is 0.346. The van der Waals surface area contributed by atoms with E-state index in [1.807, 2.05) is 0 Å². The van der Waals surface area contributed by atoms with Gasteiger partial charge in [-0.1, -0.05) is 6.07 Å². The van der Waals surface area contributed by atoms with E-state index in [0.29, 0.717) is 5.01 Å². The molecule has 2 aromatic carbocycles. The Kier molecular flexibility index (Phi) is 6.48. The highest BCUT2D eigenvalue weighted by Crippen LogP contribution is 2.28. The first-order valence-corrected chi connectivity index (χ1v) is 9.65. The van der Waals surface area contributed by atoms with Gasteiger partial charge in [0.25, 0.3) is 0 Å². The molecular formula is C20H17F3N2O3S.